The van der Waals surface area contributed by atoms with E-state index in [-0.39, 0.29) is 12.1 Å². The van der Waals surface area contributed by atoms with Crippen LogP contribution < -0.4 is 5.32 Å². The van der Waals surface area contributed by atoms with E-state index in [1.54, 1.807) is 0 Å². The molecule has 160 valence electrons. The van der Waals surface area contributed by atoms with Crippen molar-refractivity contribution in [3.63, 3.8) is 0 Å². The summed E-state index contributed by atoms with van der Waals surface area (Å²) in [4.78, 5) is 26.0. The third-order valence-corrected chi connectivity index (χ3v) is 5.86. The molecule has 0 radical (unpaired) electrons. The highest BCUT2D eigenvalue weighted by molar-refractivity contribution is 5.82. The van der Waals surface area contributed by atoms with E-state index in [9.17, 15) is 4.79 Å². The van der Waals surface area contributed by atoms with Crippen molar-refractivity contribution in [3.05, 3.63) is 0 Å². The first-order valence-corrected chi connectivity index (χ1v) is 10.6. The molecule has 1 amide bonds. The fourth-order valence-corrected chi connectivity index (χ4v) is 4.21. The summed E-state index contributed by atoms with van der Waals surface area (Å²) in [7, 11) is 4.36. The van der Waals surface area contributed by atoms with Gasteiger partial charge in [-0.3, -0.25) is 4.99 Å². The molecule has 28 heavy (non-hydrogen) atoms. The fraction of sp³-hybridized carbons (Fsp3) is 0.900. The molecule has 2 saturated heterocycles. The highest BCUT2D eigenvalue weighted by atomic mass is 16.6. The molecule has 0 aromatic heterocycles. The van der Waals surface area contributed by atoms with Crippen molar-refractivity contribution in [2.45, 2.75) is 51.3 Å². The lowest BCUT2D eigenvalue weighted by Crippen LogP contribution is -2.58. The molecule has 1 N–H and O–H groups in total. The number of hydrogen-bond donors (Lipinski definition) is 1. The number of likely N-dealkylation sites (tertiary alicyclic amines) is 1. The standard InChI is InChI=1S/C20H38N6O2/c1-20(2,3)28-19(27)25-12-13-26-17(15-25)14-22-18(26)21-8-11-24-9-6-16(7-10-24)23(4)5/h16-17H,6-15H2,1-5H3,(H,21,22). The number of carbonyl (C=O) groups is 1. The van der Waals surface area contributed by atoms with Gasteiger partial charge in [-0.2, -0.15) is 0 Å². The van der Waals surface area contributed by atoms with Gasteiger partial charge in [-0.1, -0.05) is 0 Å². The van der Waals surface area contributed by atoms with E-state index in [0.717, 1.165) is 38.2 Å². The smallest absolute Gasteiger partial charge is 0.410 e. The van der Waals surface area contributed by atoms with Crippen LogP contribution in [0.5, 0.6) is 0 Å². The summed E-state index contributed by atoms with van der Waals surface area (Å²) in [6, 6.07) is 0.991. The Morgan fingerprint density at radius 1 is 1.21 bits per heavy atom. The number of fused-ring (bicyclic) bond motifs is 1. The van der Waals surface area contributed by atoms with Gasteiger partial charge in [0.25, 0.3) is 0 Å². The summed E-state index contributed by atoms with van der Waals surface area (Å²) in [6.07, 6.45) is 2.29. The molecule has 8 nitrogen and oxygen atoms in total. The van der Waals surface area contributed by atoms with Crippen molar-refractivity contribution < 1.29 is 9.53 Å². The van der Waals surface area contributed by atoms with Crippen LogP contribution in [-0.4, -0.2) is 116 Å². The molecular formula is C20H38N6O2. The molecule has 0 aromatic rings. The first-order valence-electron chi connectivity index (χ1n) is 10.6. The zero-order chi connectivity index (χ0) is 20.3. The largest absolute Gasteiger partial charge is 0.444 e. The minimum atomic E-state index is -0.450. The van der Waals surface area contributed by atoms with E-state index in [1.165, 1.54) is 25.9 Å². The molecule has 1 atom stereocenters. The number of nitrogens with one attached hydrogen (secondary N) is 1. The second kappa shape index (κ2) is 8.86. The van der Waals surface area contributed by atoms with Gasteiger partial charge in [0.1, 0.15) is 5.60 Å². The number of amides is 1. The normalized spacial score (nSPS) is 24.4. The second-order valence-corrected chi connectivity index (χ2v) is 9.40. The summed E-state index contributed by atoms with van der Waals surface area (Å²) in [5.41, 5.74) is -0.450. The van der Waals surface area contributed by atoms with Crippen molar-refractivity contribution in [1.82, 2.24) is 24.9 Å². The molecule has 3 aliphatic heterocycles. The van der Waals surface area contributed by atoms with Crippen molar-refractivity contribution >= 4 is 12.1 Å². The van der Waals surface area contributed by atoms with Gasteiger partial charge in [-0.25, -0.2) is 4.79 Å². The van der Waals surface area contributed by atoms with Gasteiger partial charge in [0.05, 0.1) is 12.6 Å². The Kier molecular flexibility index (Phi) is 6.70. The van der Waals surface area contributed by atoms with Crippen LogP contribution in [0.1, 0.15) is 33.6 Å². The maximum absolute atomic E-state index is 12.3. The molecule has 0 spiro atoms. The van der Waals surface area contributed by atoms with Gasteiger partial charge in [0, 0.05) is 38.8 Å². The van der Waals surface area contributed by atoms with Crippen LogP contribution >= 0.6 is 0 Å². The number of ether oxygens (including phenoxy) is 1. The summed E-state index contributed by atoms with van der Waals surface area (Å²) in [5.74, 6) is 0.997. The first-order chi connectivity index (χ1) is 13.2. The first kappa shape index (κ1) is 21.2. The molecule has 8 heteroatoms. The van der Waals surface area contributed by atoms with Crippen LogP contribution in [0.2, 0.25) is 0 Å². The molecule has 3 heterocycles. The molecule has 0 bridgehead atoms. The lowest BCUT2D eigenvalue weighted by Gasteiger charge is -2.39. The van der Waals surface area contributed by atoms with Gasteiger partial charge >= 0.3 is 6.09 Å². The number of guanidine groups is 1. The number of rotatable bonds is 4. The molecular weight excluding hydrogens is 356 g/mol. The van der Waals surface area contributed by atoms with E-state index in [4.69, 9.17) is 9.73 Å². The minimum absolute atomic E-state index is 0.213. The number of aliphatic imine (C=N–C) groups is 1. The van der Waals surface area contributed by atoms with Gasteiger partial charge in [-0.05, 0) is 60.8 Å². The van der Waals surface area contributed by atoms with Crippen LogP contribution in [0.25, 0.3) is 0 Å². The second-order valence-electron chi connectivity index (χ2n) is 9.40. The SMILES string of the molecule is CN(C)C1CCN(CCNC2=NCC3CN(C(=O)OC(C)(C)C)CCN23)CC1. The van der Waals surface area contributed by atoms with Crippen LogP contribution in [0.3, 0.4) is 0 Å². The van der Waals surface area contributed by atoms with Crippen LogP contribution in [0.15, 0.2) is 4.99 Å². The summed E-state index contributed by atoms with van der Waals surface area (Å²) >= 11 is 0. The summed E-state index contributed by atoms with van der Waals surface area (Å²) in [6.45, 7) is 13.0. The van der Waals surface area contributed by atoms with Crippen LogP contribution in [-0.2, 0) is 4.74 Å². The van der Waals surface area contributed by atoms with E-state index >= 15 is 0 Å². The maximum atomic E-state index is 12.3. The summed E-state index contributed by atoms with van der Waals surface area (Å²) in [5, 5.41) is 3.53. The molecule has 0 saturated carbocycles. The molecule has 3 rings (SSSR count). The van der Waals surface area contributed by atoms with Gasteiger partial charge in [-0.15, -0.1) is 0 Å². The lowest BCUT2D eigenvalue weighted by molar-refractivity contribution is 0.0137. The number of nitrogens with zero attached hydrogens (tertiary/aromatic N) is 5. The van der Waals surface area contributed by atoms with Crippen molar-refractivity contribution in [1.29, 1.82) is 0 Å². The van der Waals surface area contributed by atoms with E-state index in [1.807, 2.05) is 25.7 Å². The maximum Gasteiger partial charge on any atom is 0.410 e. The molecule has 2 fully saturated rings. The summed E-state index contributed by atoms with van der Waals surface area (Å²) < 4.78 is 5.51. The van der Waals surface area contributed by atoms with Crippen molar-refractivity contribution in [3.8, 4) is 0 Å². The molecule has 1 unspecified atom stereocenters. The third-order valence-electron chi connectivity index (χ3n) is 5.86. The zero-order valence-electron chi connectivity index (χ0n) is 18.3. The van der Waals surface area contributed by atoms with Gasteiger partial charge in [0.2, 0.25) is 0 Å². The average Bonchev–Trinajstić information content (AvgIpc) is 3.03. The zero-order valence-corrected chi connectivity index (χ0v) is 18.3. The molecule has 3 aliphatic rings. The Hall–Kier alpha value is -1.54. The Morgan fingerprint density at radius 2 is 1.93 bits per heavy atom. The minimum Gasteiger partial charge on any atom is -0.444 e. The van der Waals surface area contributed by atoms with Gasteiger partial charge < -0.3 is 29.7 Å². The van der Waals surface area contributed by atoms with E-state index in [0.29, 0.717) is 13.1 Å². The van der Waals surface area contributed by atoms with E-state index in [2.05, 4.69) is 34.1 Å². The molecule has 0 aromatic carbocycles. The quantitative estimate of drug-likeness (QED) is 0.764. The van der Waals surface area contributed by atoms with Crippen LogP contribution in [0.4, 0.5) is 4.79 Å². The average molecular weight is 395 g/mol. The van der Waals surface area contributed by atoms with Gasteiger partial charge in [0.15, 0.2) is 5.96 Å². The Bertz CT molecular complexity index is 566. The highest BCUT2D eigenvalue weighted by Crippen LogP contribution is 2.19. The Labute approximate surface area is 169 Å². The number of carbonyl (C=O) groups excluding carboxylic acids is 1. The Morgan fingerprint density at radius 3 is 2.57 bits per heavy atom. The highest BCUT2D eigenvalue weighted by Gasteiger charge is 2.36. The number of piperidine rings is 1. The monoisotopic (exact) mass is 394 g/mol. The fourth-order valence-electron chi connectivity index (χ4n) is 4.21. The lowest BCUT2D eigenvalue weighted by atomic mass is 10.0. The predicted molar refractivity (Wildman–Crippen MR) is 112 cm³/mol. The van der Waals surface area contributed by atoms with Crippen molar-refractivity contribution in [2.75, 3.05) is 66.5 Å². The van der Waals surface area contributed by atoms with Crippen molar-refractivity contribution in [2.24, 2.45) is 4.99 Å². The van der Waals surface area contributed by atoms with E-state index < -0.39 is 5.60 Å². The predicted octanol–water partition coefficient (Wildman–Crippen LogP) is 0.893. The Balaban J connectivity index is 1.38. The number of hydrogen-bond acceptors (Lipinski definition) is 7. The van der Waals surface area contributed by atoms with Crippen LogP contribution in [0, 0.1) is 0 Å². The third kappa shape index (κ3) is 5.50. The topological polar surface area (TPSA) is 63.6 Å². The molecule has 0 aliphatic carbocycles. The number of piperazine rings is 1.